The second kappa shape index (κ2) is 3.91. The summed E-state index contributed by atoms with van der Waals surface area (Å²) in [6.45, 7) is 4.57. The van der Waals surface area contributed by atoms with Crippen molar-refractivity contribution in [2.75, 3.05) is 5.32 Å². The number of nitrogens with zero attached hydrogens (tertiary/aromatic N) is 3. The molecule has 2 aromatic rings. The second-order valence-corrected chi connectivity index (χ2v) is 4.63. The largest absolute Gasteiger partial charge is 0.361 e. The summed E-state index contributed by atoms with van der Waals surface area (Å²) in [7, 11) is 0. The first-order valence-corrected chi connectivity index (χ1v) is 5.94. The highest BCUT2D eigenvalue weighted by atomic mass is 16.5. The lowest BCUT2D eigenvalue weighted by atomic mass is 10.4. The summed E-state index contributed by atoms with van der Waals surface area (Å²) in [6.07, 6.45) is 4.62. The average molecular weight is 232 g/mol. The van der Waals surface area contributed by atoms with Crippen LogP contribution >= 0.6 is 0 Å². The van der Waals surface area contributed by atoms with Crippen LogP contribution in [0.1, 0.15) is 36.0 Å². The second-order valence-electron chi connectivity index (χ2n) is 4.63. The Labute approximate surface area is 99.8 Å². The van der Waals surface area contributed by atoms with Gasteiger partial charge in [0.15, 0.2) is 0 Å². The van der Waals surface area contributed by atoms with Gasteiger partial charge in [-0.2, -0.15) is 0 Å². The Morgan fingerprint density at radius 2 is 2.29 bits per heavy atom. The molecule has 0 bridgehead atoms. The maximum atomic E-state index is 5.03. The lowest BCUT2D eigenvalue weighted by Gasteiger charge is -2.06. The zero-order valence-corrected chi connectivity index (χ0v) is 10.1. The predicted molar refractivity (Wildman–Crippen MR) is 63.8 cm³/mol. The van der Waals surface area contributed by atoms with Crippen LogP contribution in [0, 0.1) is 13.8 Å². The van der Waals surface area contributed by atoms with Crippen molar-refractivity contribution in [3.8, 4) is 0 Å². The van der Waals surface area contributed by atoms with Crippen molar-refractivity contribution in [2.45, 2.75) is 39.3 Å². The van der Waals surface area contributed by atoms with Crippen molar-refractivity contribution in [3.63, 3.8) is 0 Å². The molecule has 1 aliphatic rings. The van der Waals surface area contributed by atoms with Crippen molar-refractivity contribution in [3.05, 3.63) is 29.4 Å². The highest BCUT2D eigenvalue weighted by Crippen LogP contribution is 2.37. The summed E-state index contributed by atoms with van der Waals surface area (Å²) in [5.41, 5.74) is 1.96. The van der Waals surface area contributed by atoms with Gasteiger partial charge in [0.05, 0.1) is 12.2 Å². The van der Waals surface area contributed by atoms with Crippen LogP contribution in [0.4, 0.5) is 5.95 Å². The minimum absolute atomic E-state index is 0.637. The third-order valence-corrected chi connectivity index (χ3v) is 2.90. The van der Waals surface area contributed by atoms with Gasteiger partial charge in [0.1, 0.15) is 11.5 Å². The highest BCUT2D eigenvalue weighted by Gasteiger charge is 2.26. The van der Waals surface area contributed by atoms with Crippen molar-refractivity contribution >= 4 is 5.95 Å². The molecular weight excluding hydrogens is 216 g/mol. The SMILES string of the molecule is Cc1cn(C2CC2)c(NCc2cc(C)on2)n1. The standard InChI is InChI=1S/C12H16N4O/c1-8-7-16(11-3-4-11)12(14-8)13-6-10-5-9(2)17-15-10/h5,7,11H,3-4,6H2,1-2H3,(H,13,14). The van der Waals surface area contributed by atoms with Gasteiger partial charge in [0.25, 0.3) is 0 Å². The molecule has 0 radical (unpaired) electrons. The fourth-order valence-electron chi connectivity index (χ4n) is 1.95. The Morgan fingerprint density at radius 1 is 1.47 bits per heavy atom. The van der Waals surface area contributed by atoms with Crippen LogP contribution in [0.5, 0.6) is 0 Å². The molecule has 17 heavy (non-hydrogen) atoms. The number of hydrogen-bond acceptors (Lipinski definition) is 4. The molecule has 0 spiro atoms. The number of anilines is 1. The molecule has 3 rings (SSSR count). The molecular formula is C12H16N4O. The Kier molecular flexibility index (Phi) is 2.39. The van der Waals surface area contributed by atoms with E-state index >= 15 is 0 Å². The van der Waals surface area contributed by atoms with Gasteiger partial charge < -0.3 is 14.4 Å². The Balaban J connectivity index is 1.72. The number of aryl methyl sites for hydroxylation is 2. The zero-order chi connectivity index (χ0) is 11.8. The van der Waals surface area contributed by atoms with Gasteiger partial charge >= 0.3 is 0 Å². The third kappa shape index (κ3) is 2.18. The van der Waals surface area contributed by atoms with Crippen LogP contribution in [-0.2, 0) is 6.54 Å². The summed E-state index contributed by atoms with van der Waals surface area (Å²) in [6, 6.07) is 2.57. The van der Waals surface area contributed by atoms with Crippen molar-refractivity contribution in [1.29, 1.82) is 0 Å². The molecule has 1 saturated carbocycles. The monoisotopic (exact) mass is 232 g/mol. The maximum Gasteiger partial charge on any atom is 0.203 e. The van der Waals surface area contributed by atoms with Crippen LogP contribution < -0.4 is 5.32 Å². The number of nitrogens with one attached hydrogen (secondary N) is 1. The van der Waals surface area contributed by atoms with E-state index in [4.69, 9.17) is 4.52 Å². The Hall–Kier alpha value is -1.78. The Bertz CT molecular complexity index is 524. The molecule has 0 amide bonds. The summed E-state index contributed by atoms with van der Waals surface area (Å²) in [5.74, 6) is 1.77. The molecule has 0 aromatic carbocycles. The van der Waals surface area contributed by atoms with Crippen LogP contribution in [0.3, 0.4) is 0 Å². The van der Waals surface area contributed by atoms with E-state index in [2.05, 4.69) is 26.2 Å². The van der Waals surface area contributed by atoms with E-state index in [0.29, 0.717) is 12.6 Å². The normalized spacial score (nSPS) is 15.2. The molecule has 0 unspecified atom stereocenters. The maximum absolute atomic E-state index is 5.03. The topological polar surface area (TPSA) is 55.9 Å². The number of hydrogen-bond donors (Lipinski definition) is 1. The predicted octanol–water partition coefficient (Wildman–Crippen LogP) is 2.43. The fourth-order valence-corrected chi connectivity index (χ4v) is 1.95. The van der Waals surface area contributed by atoms with E-state index in [9.17, 15) is 0 Å². The lowest BCUT2D eigenvalue weighted by Crippen LogP contribution is -2.06. The van der Waals surface area contributed by atoms with Crippen molar-refractivity contribution in [2.24, 2.45) is 0 Å². The molecule has 90 valence electrons. The van der Waals surface area contributed by atoms with Gasteiger partial charge in [-0.05, 0) is 26.7 Å². The number of imidazole rings is 1. The minimum atomic E-state index is 0.637. The average Bonchev–Trinajstić information content (AvgIpc) is 2.95. The smallest absolute Gasteiger partial charge is 0.203 e. The zero-order valence-electron chi connectivity index (χ0n) is 10.1. The summed E-state index contributed by atoms with van der Waals surface area (Å²) in [4.78, 5) is 4.49. The van der Waals surface area contributed by atoms with Crippen LogP contribution in [0.2, 0.25) is 0 Å². The van der Waals surface area contributed by atoms with Gasteiger partial charge in [-0.25, -0.2) is 4.98 Å². The van der Waals surface area contributed by atoms with Crippen molar-refractivity contribution < 1.29 is 4.52 Å². The molecule has 1 fully saturated rings. The summed E-state index contributed by atoms with van der Waals surface area (Å²) >= 11 is 0. The molecule has 2 heterocycles. The molecule has 0 aliphatic heterocycles. The molecule has 5 heteroatoms. The summed E-state index contributed by atoms with van der Waals surface area (Å²) in [5, 5.41) is 7.27. The first-order chi connectivity index (χ1) is 8.22. The lowest BCUT2D eigenvalue weighted by molar-refractivity contribution is 0.391. The molecule has 0 saturated heterocycles. The van der Waals surface area contributed by atoms with E-state index in [0.717, 1.165) is 23.1 Å². The molecule has 5 nitrogen and oxygen atoms in total. The molecule has 1 aliphatic carbocycles. The molecule has 0 atom stereocenters. The quantitative estimate of drug-likeness (QED) is 0.879. The van der Waals surface area contributed by atoms with Crippen molar-refractivity contribution in [1.82, 2.24) is 14.7 Å². The number of rotatable bonds is 4. The summed E-state index contributed by atoms with van der Waals surface area (Å²) < 4.78 is 7.26. The van der Waals surface area contributed by atoms with E-state index in [1.165, 1.54) is 12.8 Å². The van der Waals surface area contributed by atoms with Gasteiger partial charge in [-0.3, -0.25) is 0 Å². The van der Waals surface area contributed by atoms with Gasteiger partial charge in [0.2, 0.25) is 5.95 Å². The van der Waals surface area contributed by atoms with E-state index in [-0.39, 0.29) is 0 Å². The highest BCUT2D eigenvalue weighted by molar-refractivity contribution is 5.31. The molecule has 1 N–H and O–H groups in total. The van der Waals surface area contributed by atoms with Crippen LogP contribution in [0.25, 0.3) is 0 Å². The first kappa shape index (κ1) is 10.4. The minimum Gasteiger partial charge on any atom is -0.361 e. The number of aromatic nitrogens is 3. The van der Waals surface area contributed by atoms with E-state index in [1.54, 1.807) is 0 Å². The Morgan fingerprint density at radius 3 is 2.94 bits per heavy atom. The van der Waals surface area contributed by atoms with Gasteiger partial charge in [-0.15, -0.1) is 0 Å². The fraction of sp³-hybridized carbons (Fsp3) is 0.500. The van der Waals surface area contributed by atoms with Gasteiger partial charge in [0, 0.05) is 18.3 Å². The third-order valence-electron chi connectivity index (χ3n) is 2.90. The first-order valence-electron chi connectivity index (χ1n) is 5.94. The van der Waals surface area contributed by atoms with Crippen LogP contribution in [-0.4, -0.2) is 14.7 Å². The van der Waals surface area contributed by atoms with Gasteiger partial charge in [-0.1, -0.05) is 5.16 Å². The van der Waals surface area contributed by atoms with E-state index < -0.39 is 0 Å². The van der Waals surface area contributed by atoms with Crippen LogP contribution in [0.15, 0.2) is 16.8 Å². The van der Waals surface area contributed by atoms with E-state index in [1.807, 2.05) is 19.9 Å². The molecule has 2 aromatic heterocycles.